The fraction of sp³-hybridized carbons (Fsp3) is 0.333. The van der Waals surface area contributed by atoms with Gasteiger partial charge in [0.25, 0.3) is 0 Å². The van der Waals surface area contributed by atoms with E-state index in [0.717, 1.165) is 16.1 Å². The minimum atomic E-state index is -0.389. The lowest BCUT2D eigenvalue weighted by atomic mass is 10.1. The molecule has 8 heteroatoms. The molecular weight excluding hydrogens is 334 g/mol. The van der Waals surface area contributed by atoms with Crippen molar-refractivity contribution in [2.24, 2.45) is 0 Å². The molecule has 0 spiro atoms. The Hall–Kier alpha value is -1.93. The van der Waals surface area contributed by atoms with Gasteiger partial charge in [-0.25, -0.2) is 0 Å². The third-order valence-corrected chi connectivity index (χ3v) is 5.07. The Balaban J connectivity index is 1.97. The predicted molar refractivity (Wildman–Crippen MR) is 92.6 cm³/mol. The van der Waals surface area contributed by atoms with E-state index in [2.05, 4.69) is 20.3 Å². The third-order valence-electron chi connectivity index (χ3n) is 3.08. The van der Waals surface area contributed by atoms with Crippen LogP contribution in [0.5, 0.6) is 0 Å². The Labute approximate surface area is 142 Å². The highest BCUT2D eigenvalue weighted by molar-refractivity contribution is 8.01. The Bertz CT molecular complexity index is 703. The molecule has 2 rings (SSSR count). The van der Waals surface area contributed by atoms with Crippen LogP contribution in [0.1, 0.15) is 12.5 Å². The second-order valence-corrected chi connectivity index (χ2v) is 7.05. The topological polar surface area (TPSA) is 81.2 Å². The number of esters is 1. The quantitative estimate of drug-likeness (QED) is 0.806. The molecule has 1 atom stereocenters. The number of benzene rings is 1. The van der Waals surface area contributed by atoms with Crippen LogP contribution in [0.25, 0.3) is 10.6 Å². The molecule has 0 aliphatic heterocycles. The number of hydrogen-bond donors (Lipinski definition) is 1. The number of methoxy groups -OCH3 is 1. The smallest absolute Gasteiger partial charge is 0.315 e. The summed E-state index contributed by atoms with van der Waals surface area (Å²) in [5.74, 6) is -0.436. The van der Waals surface area contributed by atoms with Gasteiger partial charge in [-0.05, 0) is 19.4 Å². The summed E-state index contributed by atoms with van der Waals surface area (Å²) < 4.78 is 4.55. The lowest BCUT2D eigenvalue weighted by Crippen LogP contribution is -2.23. The van der Waals surface area contributed by atoms with Gasteiger partial charge in [0.05, 0.1) is 18.1 Å². The summed E-state index contributed by atoms with van der Waals surface area (Å²) in [6.07, 6.45) is 0. The van der Waals surface area contributed by atoms with E-state index in [1.165, 1.54) is 30.2 Å². The molecule has 0 fully saturated rings. The number of carbonyl (C=O) groups excluding carboxylic acids is 2. The number of anilines is 1. The number of ether oxygens (including phenoxy) is 1. The van der Waals surface area contributed by atoms with Crippen LogP contribution in [-0.2, 0) is 14.3 Å². The van der Waals surface area contributed by atoms with E-state index in [1.807, 2.05) is 31.2 Å². The van der Waals surface area contributed by atoms with E-state index in [9.17, 15) is 9.59 Å². The van der Waals surface area contributed by atoms with E-state index in [4.69, 9.17) is 0 Å². The highest BCUT2D eigenvalue weighted by Gasteiger charge is 2.18. The molecule has 0 bridgehead atoms. The summed E-state index contributed by atoms with van der Waals surface area (Å²) in [7, 11) is 1.32. The molecule has 122 valence electrons. The van der Waals surface area contributed by atoms with Gasteiger partial charge in [0.15, 0.2) is 0 Å². The molecule has 23 heavy (non-hydrogen) atoms. The third kappa shape index (κ3) is 4.77. The number of carbonyl (C=O) groups is 2. The Morgan fingerprint density at radius 2 is 2.09 bits per heavy atom. The second kappa shape index (κ2) is 8.07. The Morgan fingerprint density at radius 1 is 1.35 bits per heavy atom. The molecule has 1 aromatic heterocycles. The lowest BCUT2D eigenvalue weighted by molar-refractivity contribution is -0.137. The first-order valence-corrected chi connectivity index (χ1v) is 8.76. The number of nitrogens with zero attached hydrogens (tertiary/aromatic N) is 2. The van der Waals surface area contributed by atoms with Crippen molar-refractivity contribution in [3.05, 3.63) is 29.8 Å². The SMILES string of the molecule is COC(=O)CS[C@@H](C)C(=O)Nc1nnc(-c2ccccc2C)s1. The van der Waals surface area contributed by atoms with Crippen molar-refractivity contribution in [3.8, 4) is 10.6 Å². The zero-order valence-electron chi connectivity index (χ0n) is 13.0. The predicted octanol–water partition coefficient (Wildman–Crippen LogP) is 2.75. The maximum atomic E-state index is 12.1. The maximum absolute atomic E-state index is 12.1. The lowest BCUT2D eigenvalue weighted by Gasteiger charge is -2.08. The fourth-order valence-electron chi connectivity index (χ4n) is 1.73. The van der Waals surface area contributed by atoms with Crippen molar-refractivity contribution in [2.45, 2.75) is 19.1 Å². The molecule has 0 radical (unpaired) electrons. The van der Waals surface area contributed by atoms with Crippen LogP contribution >= 0.6 is 23.1 Å². The van der Waals surface area contributed by atoms with Crippen molar-refractivity contribution in [1.29, 1.82) is 0 Å². The number of aromatic nitrogens is 2. The summed E-state index contributed by atoms with van der Waals surface area (Å²) >= 11 is 2.53. The van der Waals surface area contributed by atoms with Gasteiger partial charge in [0.2, 0.25) is 11.0 Å². The number of amides is 1. The first-order chi connectivity index (χ1) is 11.0. The molecule has 0 saturated heterocycles. The molecule has 1 amide bonds. The minimum Gasteiger partial charge on any atom is -0.468 e. The van der Waals surface area contributed by atoms with E-state index in [-0.39, 0.29) is 22.9 Å². The highest BCUT2D eigenvalue weighted by atomic mass is 32.2. The minimum absolute atomic E-state index is 0.135. The zero-order valence-corrected chi connectivity index (χ0v) is 14.7. The van der Waals surface area contributed by atoms with Gasteiger partial charge < -0.3 is 4.74 Å². The highest BCUT2D eigenvalue weighted by Crippen LogP contribution is 2.28. The van der Waals surface area contributed by atoms with E-state index in [0.29, 0.717) is 5.13 Å². The number of hydrogen-bond acceptors (Lipinski definition) is 7. The van der Waals surface area contributed by atoms with E-state index in [1.54, 1.807) is 6.92 Å². The number of thioether (sulfide) groups is 1. The molecule has 0 aliphatic rings. The van der Waals surface area contributed by atoms with Gasteiger partial charge in [-0.2, -0.15) is 0 Å². The maximum Gasteiger partial charge on any atom is 0.315 e. The number of nitrogens with one attached hydrogen (secondary N) is 1. The largest absolute Gasteiger partial charge is 0.468 e. The summed E-state index contributed by atoms with van der Waals surface area (Å²) in [5.41, 5.74) is 2.10. The zero-order chi connectivity index (χ0) is 16.8. The molecule has 0 saturated carbocycles. The summed E-state index contributed by atoms with van der Waals surface area (Å²) in [6, 6.07) is 7.87. The number of aryl methyl sites for hydroxylation is 1. The van der Waals surface area contributed by atoms with Gasteiger partial charge in [0, 0.05) is 5.56 Å². The second-order valence-electron chi connectivity index (χ2n) is 4.75. The van der Waals surface area contributed by atoms with Crippen molar-refractivity contribution >= 4 is 40.1 Å². The van der Waals surface area contributed by atoms with Crippen LogP contribution in [0.15, 0.2) is 24.3 Å². The first kappa shape index (κ1) is 17.4. The van der Waals surface area contributed by atoms with Crippen LogP contribution in [0.2, 0.25) is 0 Å². The van der Waals surface area contributed by atoms with Crippen molar-refractivity contribution in [3.63, 3.8) is 0 Å². The van der Waals surface area contributed by atoms with Gasteiger partial charge in [0.1, 0.15) is 5.01 Å². The van der Waals surface area contributed by atoms with Crippen molar-refractivity contribution < 1.29 is 14.3 Å². The standard InChI is InChI=1S/C15H17N3O3S2/c1-9-6-4-5-7-11(9)14-17-18-15(23-14)16-13(20)10(2)22-8-12(19)21-3/h4-7,10H,8H2,1-3H3,(H,16,18,20)/t10-/m0/s1. The Kier molecular flexibility index (Phi) is 6.12. The molecule has 1 aromatic carbocycles. The van der Waals surface area contributed by atoms with Crippen molar-refractivity contribution in [1.82, 2.24) is 10.2 Å². The van der Waals surface area contributed by atoms with Crippen LogP contribution in [0.4, 0.5) is 5.13 Å². The fourth-order valence-corrected chi connectivity index (χ4v) is 3.28. The van der Waals surface area contributed by atoms with Crippen molar-refractivity contribution in [2.75, 3.05) is 18.2 Å². The Morgan fingerprint density at radius 3 is 2.78 bits per heavy atom. The monoisotopic (exact) mass is 351 g/mol. The molecular formula is C15H17N3O3S2. The van der Waals surface area contributed by atoms with Gasteiger partial charge in [-0.1, -0.05) is 35.6 Å². The van der Waals surface area contributed by atoms with Gasteiger partial charge >= 0.3 is 5.97 Å². The average Bonchev–Trinajstić information content (AvgIpc) is 3.00. The number of rotatable bonds is 6. The summed E-state index contributed by atoms with van der Waals surface area (Å²) in [6.45, 7) is 3.73. The van der Waals surface area contributed by atoms with Crippen LogP contribution in [-0.4, -0.2) is 40.2 Å². The average molecular weight is 351 g/mol. The van der Waals surface area contributed by atoms with Gasteiger partial charge in [-0.15, -0.1) is 22.0 Å². The summed E-state index contributed by atoms with van der Waals surface area (Å²) in [4.78, 5) is 23.2. The molecule has 6 nitrogen and oxygen atoms in total. The summed E-state index contributed by atoms with van der Waals surface area (Å²) in [5, 5.41) is 11.7. The normalized spacial score (nSPS) is 11.8. The van der Waals surface area contributed by atoms with Gasteiger partial charge in [-0.3, -0.25) is 14.9 Å². The molecule has 0 unspecified atom stereocenters. The van der Waals surface area contributed by atoms with E-state index >= 15 is 0 Å². The van der Waals surface area contributed by atoms with Crippen LogP contribution in [0.3, 0.4) is 0 Å². The van der Waals surface area contributed by atoms with Crippen LogP contribution < -0.4 is 5.32 Å². The molecule has 1 N–H and O–H groups in total. The molecule has 2 aromatic rings. The van der Waals surface area contributed by atoms with E-state index < -0.39 is 0 Å². The molecule has 1 heterocycles. The first-order valence-electron chi connectivity index (χ1n) is 6.90. The van der Waals surface area contributed by atoms with Crippen LogP contribution in [0, 0.1) is 6.92 Å². The molecule has 0 aliphatic carbocycles.